The number of carbonyl (C=O) groups is 3. The predicted molar refractivity (Wildman–Crippen MR) is 88.8 cm³/mol. The largest absolute Gasteiger partial charge is 0.350 e. The maximum atomic E-state index is 12.2. The van der Waals surface area contributed by atoms with Crippen molar-refractivity contribution in [2.45, 2.75) is 32.2 Å². The number of amides is 3. The molecule has 2 atom stereocenters. The van der Waals surface area contributed by atoms with Crippen molar-refractivity contribution in [2.24, 2.45) is 0 Å². The normalized spacial score (nSPS) is 22.8. The summed E-state index contributed by atoms with van der Waals surface area (Å²) in [7, 11) is 0. The fraction of sp³-hybridized carbons (Fsp3) is 0.500. The fourth-order valence-electron chi connectivity index (χ4n) is 3.68. The second-order valence-corrected chi connectivity index (χ2v) is 6.46. The lowest BCUT2D eigenvalue weighted by molar-refractivity contribution is -0.909. The van der Waals surface area contributed by atoms with Crippen LogP contribution in [0.2, 0.25) is 0 Å². The topological polar surface area (TPSA) is 70.9 Å². The molecule has 0 saturated carbocycles. The molecule has 1 fully saturated rings. The first-order chi connectivity index (χ1) is 11.6. The van der Waals surface area contributed by atoms with E-state index in [1.54, 1.807) is 24.3 Å². The van der Waals surface area contributed by atoms with Crippen molar-refractivity contribution in [2.75, 3.05) is 26.2 Å². The summed E-state index contributed by atoms with van der Waals surface area (Å²) >= 11 is 0. The molecule has 0 aliphatic carbocycles. The third-order valence-electron chi connectivity index (χ3n) is 5.07. The molecule has 6 heteroatoms. The van der Waals surface area contributed by atoms with Gasteiger partial charge in [0.15, 0.2) is 0 Å². The van der Waals surface area contributed by atoms with Crippen LogP contribution in [0.15, 0.2) is 24.3 Å². The number of hydrogen-bond acceptors (Lipinski definition) is 3. The lowest BCUT2D eigenvalue weighted by atomic mass is 10.1. The molecule has 2 aliphatic rings. The molecule has 128 valence electrons. The summed E-state index contributed by atoms with van der Waals surface area (Å²) < 4.78 is 0. The third kappa shape index (κ3) is 3.19. The number of imide groups is 1. The van der Waals surface area contributed by atoms with Crippen molar-refractivity contribution < 1.29 is 19.3 Å². The molecule has 0 spiro atoms. The van der Waals surface area contributed by atoms with Gasteiger partial charge in [0.05, 0.1) is 30.8 Å². The Labute approximate surface area is 141 Å². The van der Waals surface area contributed by atoms with Crippen LogP contribution in [-0.4, -0.2) is 54.8 Å². The first-order valence-electron chi connectivity index (χ1n) is 8.68. The molecule has 24 heavy (non-hydrogen) atoms. The van der Waals surface area contributed by atoms with E-state index in [0.717, 1.165) is 13.0 Å². The lowest BCUT2D eigenvalue weighted by Crippen LogP contribution is -3.14. The van der Waals surface area contributed by atoms with Crippen molar-refractivity contribution in [1.82, 2.24) is 10.2 Å². The molecule has 3 rings (SSSR count). The first-order valence-corrected chi connectivity index (χ1v) is 8.68. The number of quaternary nitrogens is 1. The Morgan fingerprint density at radius 3 is 2.54 bits per heavy atom. The van der Waals surface area contributed by atoms with Gasteiger partial charge in [-0.2, -0.15) is 0 Å². The van der Waals surface area contributed by atoms with Crippen LogP contribution in [0.25, 0.3) is 0 Å². The molecule has 1 saturated heterocycles. The minimum absolute atomic E-state index is 0.103. The highest BCUT2D eigenvalue weighted by molar-refractivity contribution is 6.21. The van der Waals surface area contributed by atoms with Gasteiger partial charge < -0.3 is 10.2 Å². The number of likely N-dealkylation sites (tertiary alicyclic amines) is 1. The quantitative estimate of drug-likeness (QED) is 0.713. The highest BCUT2D eigenvalue weighted by atomic mass is 16.2. The number of nitrogens with zero attached hydrogens (tertiary/aromatic N) is 1. The maximum absolute atomic E-state index is 12.2. The molecule has 2 aliphatic heterocycles. The molecular weight excluding hydrogens is 306 g/mol. The molecule has 1 aromatic carbocycles. The van der Waals surface area contributed by atoms with Crippen LogP contribution in [0.1, 0.15) is 46.9 Å². The summed E-state index contributed by atoms with van der Waals surface area (Å²) in [5.41, 5.74) is 0.854. The predicted octanol–water partition coefficient (Wildman–Crippen LogP) is -0.144. The summed E-state index contributed by atoms with van der Waals surface area (Å²) in [5.74, 6) is -0.712. The smallest absolute Gasteiger partial charge is 0.261 e. The minimum Gasteiger partial charge on any atom is -0.350 e. The molecule has 0 bridgehead atoms. The molecule has 0 radical (unpaired) electrons. The summed E-state index contributed by atoms with van der Waals surface area (Å²) in [6.45, 7) is 5.22. The Hall–Kier alpha value is -2.21. The van der Waals surface area contributed by atoms with Gasteiger partial charge in [-0.05, 0) is 19.1 Å². The molecule has 1 unspecified atom stereocenters. The number of benzene rings is 1. The van der Waals surface area contributed by atoms with Gasteiger partial charge in [-0.15, -0.1) is 0 Å². The van der Waals surface area contributed by atoms with Crippen LogP contribution in [0, 0.1) is 0 Å². The number of hydrogen-bond donors (Lipinski definition) is 2. The molecule has 3 amide bonds. The van der Waals surface area contributed by atoms with Crippen molar-refractivity contribution >= 4 is 17.7 Å². The number of carbonyl (C=O) groups excluding carboxylic acids is 3. The maximum Gasteiger partial charge on any atom is 0.261 e. The van der Waals surface area contributed by atoms with Gasteiger partial charge >= 0.3 is 0 Å². The zero-order valence-corrected chi connectivity index (χ0v) is 14.0. The number of likely N-dealkylation sites (N-methyl/N-ethyl adjacent to an activating group) is 1. The first kappa shape index (κ1) is 16.6. The Kier molecular flexibility index (Phi) is 4.94. The van der Waals surface area contributed by atoms with Gasteiger partial charge in [0, 0.05) is 25.8 Å². The van der Waals surface area contributed by atoms with Gasteiger partial charge in [-0.1, -0.05) is 12.1 Å². The standard InChI is InChI=1S/C18H23N3O3/c1-2-20-10-5-6-13(20)12-19-16(22)9-11-21-17(23)14-7-3-4-8-15(14)18(21)24/h3-4,7-8,13H,2,5-6,9-12H2,1H3,(H,19,22)/p+1/t13-/m1/s1. The van der Waals surface area contributed by atoms with E-state index in [-0.39, 0.29) is 30.7 Å². The average Bonchev–Trinajstić information content (AvgIpc) is 3.15. The Balaban J connectivity index is 1.49. The minimum atomic E-state index is -0.305. The van der Waals surface area contributed by atoms with Crippen molar-refractivity contribution in [1.29, 1.82) is 0 Å². The summed E-state index contributed by atoms with van der Waals surface area (Å²) in [6.07, 6.45) is 2.50. The molecule has 2 heterocycles. The average molecular weight is 330 g/mol. The van der Waals surface area contributed by atoms with E-state index in [0.29, 0.717) is 23.7 Å². The lowest BCUT2D eigenvalue weighted by Gasteiger charge is -2.20. The van der Waals surface area contributed by atoms with Crippen LogP contribution in [0.5, 0.6) is 0 Å². The summed E-state index contributed by atoms with van der Waals surface area (Å²) in [6, 6.07) is 7.27. The fourth-order valence-corrected chi connectivity index (χ4v) is 3.68. The second-order valence-electron chi connectivity index (χ2n) is 6.46. The monoisotopic (exact) mass is 330 g/mol. The SMILES string of the molecule is CC[NH+]1CCC[C@@H]1CNC(=O)CCN1C(=O)c2ccccc2C1=O. The Morgan fingerprint density at radius 2 is 1.92 bits per heavy atom. The van der Waals surface area contributed by atoms with Gasteiger partial charge in [0.1, 0.15) is 6.04 Å². The van der Waals surface area contributed by atoms with Crippen LogP contribution < -0.4 is 10.2 Å². The van der Waals surface area contributed by atoms with E-state index >= 15 is 0 Å². The Bertz CT molecular complexity index is 624. The van der Waals surface area contributed by atoms with E-state index in [9.17, 15) is 14.4 Å². The second kappa shape index (κ2) is 7.13. The van der Waals surface area contributed by atoms with Crippen molar-refractivity contribution in [3.63, 3.8) is 0 Å². The third-order valence-corrected chi connectivity index (χ3v) is 5.07. The van der Waals surface area contributed by atoms with E-state index in [2.05, 4.69) is 12.2 Å². The Morgan fingerprint density at radius 1 is 1.25 bits per heavy atom. The molecule has 0 aromatic heterocycles. The summed E-state index contributed by atoms with van der Waals surface area (Å²) in [5, 5.41) is 2.95. The van der Waals surface area contributed by atoms with Crippen LogP contribution in [-0.2, 0) is 4.79 Å². The van der Waals surface area contributed by atoms with Gasteiger partial charge in [0.25, 0.3) is 11.8 Å². The van der Waals surface area contributed by atoms with Crippen LogP contribution in [0.3, 0.4) is 0 Å². The van der Waals surface area contributed by atoms with Crippen molar-refractivity contribution in [3.8, 4) is 0 Å². The molecule has 6 nitrogen and oxygen atoms in total. The van der Waals surface area contributed by atoms with Gasteiger partial charge in [-0.25, -0.2) is 0 Å². The zero-order valence-electron chi connectivity index (χ0n) is 14.0. The van der Waals surface area contributed by atoms with Crippen molar-refractivity contribution in [3.05, 3.63) is 35.4 Å². The van der Waals surface area contributed by atoms with E-state index in [1.807, 2.05) is 0 Å². The molecule has 1 aromatic rings. The van der Waals surface area contributed by atoms with E-state index in [1.165, 1.54) is 22.8 Å². The number of rotatable bonds is 6. The van der Waals surface area contributed by atoms with Crippen LogP contribution in [0.4, 0.5) is 0 Å². The van der Waals surface area contributed by atoms with E-state index < -0.39 is 0 Å². The molecular formula is C18H24N3O3+. The molecule has 2 N–H and O–H groups in total. The van der Waals surface area contributed by atoms with Gasteiger partial charge in [0.2, 0.25) is 5.91 Å². The summed E-state index contributed by atoms with van der Waals surface area (Å²) in [4.78, 5) is 39.3. The zero-order chi connectivity index (χ0) is 17.1. The highest BCUT2D eigenvalue weighted by Crippen LogP contribution is 2.22. The van der Waals surface area contributed by atoms with Crippen LogP contribution >= 0.6 is 0 Å². The number of nitrogens with one attached hydrogen (secondary N) is 2. The van der Waals surface area contributed by atoms with E-state index in [4.69, 9.17) is 0 Å². The highest BCUT2D eigenvalue weighted by Gasteiger charge is 2.35. The van der Waals surface area contributed by atoms with Gasteiger partial charge in [-0.3, -0.25) is 19.3 Å². The number of fused-ring (bicyclic) bond motifs is 1.